The lowest BCUT2D eigenvalue weighted by atomic mass is 10.1. The molecule has 0 aliphatic rings. The van der Waals surface area contributed by atoms with E-state index in [4.69, 9.17) is 23.2 Å². The zero-order chi connectivity index (χ0) is 21.2. The predicted octanol–water partition coefficient (Wildman–Crippen LogP) is 5.17. The summed E-state index contributed by atoms with van der Waals surface area (Å²) >= 11 is 13.9. The Morgan fingerprint density at radius 2 is 1.83 bits per heavy atom. The lowest BCUT2D eigenvalue weighted by Gasteiger charge is -2.30. The number of rotatable bonds is 10. The summed E-state index contributed by atoms with van der Waals surface area (Å²) in [6, 6.07) is 14.6. The van der Waals surface area contributed by atoms with Crippen molar-refractivity contribution in [2.45, 2.75) is 38.6 Å². The number of likely N-dealkylation sites (N-methyl/N-ethyl adjacent to an activating group) is 1. The molecule has 0 aromatic heterocycles. The van der Waals surface area contributed by atoms with Crippen LogP contribution in [-0.4, -0.2) is 35.1 Å². The van der Waals surface area contributed by atoms with Gasteiger partial charge >= 0.3 is 0 Å². The van der Waals surface area contributed by atoms with Crippen LogP contribution in [-0.2, 0) is 21.9 Å². The number of halogens is 2. The van der Waals surface area contributed by atoms with Crippen LogP contribution >= 0.6 is 35.0 Å². The van der Waals surface area contributed by atoms with E-state index in [1.54, 1.807) is 23.1 Å². The smallest absolute Gasteiger partial charge is 0.242 e. The topological polar surface area (TPSA) is 49.4 Å². The lowest BCUT2D eigenvalue weighted by molar-refractivity contribution is -0.139. The predicted molar refractivity (Wildman–Crippen MR) is 122 cm³/mol. The fraction of sp³-hybridized carbons (Fsp3) is 0.364. The number of nitrogens with one attached hydrogen (secondary N) is 1. The van der Waals surface area contributed by atoms with Gasteiger partial charge in [-0.25, -0.2) is 0 Å². The van der Waals surface area contributed by atoms with Gasteiger partial charge in [0, 0.05) is 28.9 Å². The molecule has 0 aliphatic carbocycles. The SMILES string of the molecule is CCNC(=O)[C@@H](CC)N(Cc1ccc(Cl)cc1Cl)C(=O)CSCc1ccccc1. The zero-order valence-corrected chi connectivity index (χ0v) is 19.0. The molecule has 0 saturated carbocycles. The number of thioether (sulfide) groups is 1. The van der Waals surface area contributed by atoms with E-state index in [1.165, 1.54) is 11.8 Å². The van der Waals surface area contributed by atoms with Crippen molar-refractivity contribution in [1.29, 1.82) is 0 Å². The summed E-state index contributed by atoms with van der Waals surface area (Å²) in [6.45, 7) is 4.54. The number of nitrogens with zero attached hydrogens (tertiary/aromatic N) is 1. The monoisotopic (exact) mass is 452 g/mol. The maximum absolute atomic E-state index is 13.1. The molecule has 0 spiro atoms. The van der Waals surface area contributed by atoms with Crippen molar-refractivity contribution < 1.29 is 9.59 Å². The van der Waals surface area contributed by atoms with E-state index in [1.807, 2.05) is 44.2 Å². The Hall–Kier alpha value is -1.69. The molecule has 0 saturated heterocycles. The molecule has 0 unspecified atom stereocenters. The summed E-state index contributed by atoms with van der Waals surface area (Å²) in [6.07, 6.45) is 0.520. The third kappa shape index (κ3) is 7.25. The van der Waals surface area contributed by atoms with Crippen molar-refractivity contribution in [1.82, 2.24) is 10.2 Å². The lowest BCUT2D eigenvalue weighted by Crippen LogP contribution is -2.49. The highest BCUT2D eigenvalue weighted by Gasteiger charge is 2.28. The molecule has 0 fully saturated rings. The van der Waals surface area contributed by atoms with Gasteiger partial charge in [0.05, 0.1) is 5.75 Å². The number of hydrogen-bond donors (Lipinski definition) is 1. The van der Waals surface area contributed by atoms with Crippen LogP contribution in [0.4, 0.5) is 0 Å². The second-order valence-electron chi connectivity index (χ2n) is 6.55. The number of carbonyl (C=O) groups excluding carboxylic acids is 2. The van der Waals surface area contributed by atoms with Gasteiger partial charge < -0.3 is 10.2 Å². The Morgan fingerprint density at radius 1 is 1.10 bits per heavy atom. The fourth-order valence-corrected chi connectivity index (χ4v) is 4.30. The molecule has 7 heteroatoms. The minimum Gasteiger partial charge on any atom is -0.355 e. The highest BCUT2D eigenvalue weighted by Crippen LogP contribution is 2.24. The molecule has 0 radical (unpaired) electrons. The van der Waals surface area contributed by atoms with Crippen LogP contribution in [0, 0.1) is 0 Å². The van der Waals surface area contributed by atoms with Gasteiger partial charge in [0.2, 0.25) is 11.8 Å². The number of benzene rings is 2. The molecule has 2 rings (SSSR count). The highest BCUT2D eigenvalue weighted by molar-refractivity contribution is 7.99. The van der Waals surface area contributed by atoms with Crippen molar-refractivity contribution in [2.75, 3.05) is 12.3 Å². The second-order valence-corrected chi connectivity index (χ2v) is 8.38. The van der Waals surface area contributed by atoms with Gasteiger partial charge in [-0.3, -0.25) is 9.59 Å². The normalized spacial score (nSPS) is 11.7. The van der Waals surface area contributed by atoms with Gasteiger partial charge in [-0.05, 0) is 36.6 Å². The van der Waals surface area contributed by atoms with Crippen molar-refractivity contribution in [3.05, 3.63) is 69.7 Å². The average molecular weight is 453 g/mol. The van der Waals surface area contributed by atoms with Crippen LogP contribution in [0.5, 0.6) is 0 Å². The van der Waals surface area contributed by atoms with Crippen LogP contribution in [0.25, 0.3) is 0 Å². The van der Waals surface area contributed by atoms with Crippen molar-refractivity contribution in [3.8, 4) is 0 Å². The van der Waals surface area contributed by atoms with Crippen LogP contribution in [0.15, 0.2) is 48.5 Å². The summed E-state index contributed by atoms with van der Waals surface area (Å²) in [4.78, 5) is 27.3. The van der Waals surface area contributed by atoms with Gasteiger partial charge in [-0.1, -0.05) is 66.5 Å². The molecule has 29 heavy (non-hydrogen) atoms. The third-order valence-corrected chi connectivity index (χ3v) is 6.01. The average Bonchev–Trinajstić information content (AvgIpc) is 2.70. The molecule has 2 aromatic carbocycles. The third-order valence-electron chi connectivity index (χ3n) is 4.43. The Balaban J connectivity index is 2.15. The Morgan fingerprint density at radius 3 is 2.45 bits per heavy atom. The largest absolute Gasteiger partial charge is 0.355 e. The van der Waals surface area contributed by atoms with Crippen LogP contribution < -0.4 is 5.32 Å². The van der Waals surface area contributed by atoms with Gasteiger partial charge in [-0.15, -0.1) is 11.8 Å². The second kappa shape index (κ2) is 12.1. The molecule has 4 nitrogen and oxygen atoms in total. The number of carbonyl (C=O) groups is 2. The first kappa shape index (κ1) is 23.6. The Bertz CT molecular complexity index is 818. The van der Waals surface area contributed by atoms with Crippen molar-refractivity contribution in [2.24, 2.45) is 0 Å². The molecule has 2 amide bonds. The van der Waals surface area contributed by atoms with E-state index in [-0.39, 0.29) is 24.1 Å². The number of amides is 2. The quantitative estimate of drug-likeness (QED) is 0.540. The summed E-state index contributed by atoms with van der Waals surface area (Å²) in [5.41, 5.74) is 1.92. The first-order valence-electron chi connectivity index (χ1n) is 9.59. The molecule has 2 aromatic rings. The molecule has 156 valence electrons. The summed E-state index contributed by atoms with van der Waals surface area (Å²) in [7, 11) is 0. The van der Waals surface area contributed by atoms with E-state index in [9.17, 15) is 9.59 Å². The summed E-state index contributed by atoms with van der Waals surface area (Å²) < 4.78 is 0. The highest BCUT2D eigenvalue weighted by atomic mass is 35.5. The van der Waals surface area contributed by atoms with Crippen LogP contribution in [0.3, 0.4) is 0 Å². The zero-order valence-electron chi connectivity index (χ0n) is 16.7. The van der Waals surface area contributed by atoms with Gasteiger partial charge in [0.25, 0.3) is 0 Å². The molecule has 1 N–H and O–H groups in total. The van der Waals surface area contributed by atoms with Gasteiger partial charge in [-0.2, -0.15) is 0 Å². The molecule has 0 bridgehead atoms. The van der Waals surface area contributed by atoms with Crippen LogP contribution in [0.2, 0.25) is 10.0 Å². The van der Waals surface area contributed by atoms with E-state index in [0.717, 1.165) is 16.9 Å². The maximum atomic E-state index is 13.1. The first-order chi connectivity index (χ1) is 14.0. The first-order valence-corrected chi connectivity index (χ1v) is 11.5. The van der Waals surface area contributed by atoms with E-state index < -0.39 is 6.04 Å². The molecule has 1 atom stereocenters. The fourth-order valence-electron chi connectivity index (χ4n) is 2.96. The number of hydrogen-bond acceptors (Lipinski definition) is 3. The Kier molecular flexibility index (Phi) is 9.85. The minimum absolute atomic E-state index is 0.0879. The minimum atomic E-state index is -0.550. The van der Waals surface area contributed by atoms with Crippen molar-refractivity contribution in [3.63, 3.8) is 0 Å². The molecular formula is C22H26Cl2N2O2S. The van der Waals surface area contributed by atoms with Crippen molar-refractivity contribution >= 4 is 46.8 Å². The van der Waals surface area contributed by atoms with E-state index in [0.29, 0.717) is 23.0 Å². The maximum Gasteiger partial charge on any atom is 0.242 e. The standard InChI is InChI=1S/C22H26Cl2N2O2S/c1-3-20(22(28)25-4-2)26(13-17-10-11-18(23)12-19(17)24)21(27)15-29-14-16-8-6-5-7-9-16/h5-12,20H,3-4,13-15H2,1-2H3,(H,25,28)/t20-/m1/s1. The molecule has 0 aliphatic heterocycles. The molecular weight excluding hydrogens is 427 g/mol. The Labute approximate surface area is 187 Å². The van der Waals surface area contributed by atoms with E-state index in [2.05, 4.69) is 5.32 Å². The summed E-state index contributed by atoms with van der Waals surface area (Å²) in [5.74, 6) is 0.785. The van der Waals surface area contributed by atoms with Gasteiger partial charge in [0.15, 0.2) is 0 Å². The van der Waals surface area contributed by atoms with E-state index >= 15 is 0 Å². The summed E-state index contributed by atoms with van der Waals surface area (Å²) in [5, 5.41) is 3.85. The van der Waals surface area contributed by atoms with Gasteiger partial charge in [0.1, 0.15) is 6.04 Å². The molecule has 0 heterocycles. The van der Waals surface area contributed by atoms with Crippen LogP contribution in [0.1, 0.15) is 31.4 Å².